The van der Waals surface area contributed by atoms with Crippen LogP contribution in [0.3, 0.4) is 0 Å². The predicted octanol–water partition coefficient (Wildman–Crippen LogP) is 2.18. The molecule has 0 amide bonds. The van der Waals surface area contributed by atoms with E-state index in [2.05, 4.69) is 30.6 Å². The highest BCUT2D eigenvalue weighted by Gasteiger charge is 2.46. The molecule has 0 radical (unpaired) electrons. The molecule has 2 aliphatic rings. The minimum atomic E-state index is 0.250. The normalized spacial score (nSPS) is 36.1. The molecule has 0 N–H and O–H groups in total. The molecule has 1 heterocycles. The van der Waals surface area contributed by atoms with Gasteiger partial charge < -0.3 is 0 Å². The van der Waals surface area contributed by atoms with E-state index >= 15 is 0 Å². The summed E-state index contributed by atoms with van der Waals surface area (Å²) in [7, 11) is 0. The molecule has 11 heavy (non-hydrogen) atoms. The van der Waals surface area contributed by atoms with Gasteiger partial charge in [0.05, 0.1) is 0 Å². The smallest absolute Gasteiger partial charge is 0.120 e. The molecular weight excluding hydrogens is 136 g/mol. The Labute approximate surface area is 68.3 Å². The van der Waals surface area contributed by atoms with Gasteiger partial charge in [-0.2, -0.15) is 0 Å². The first kappa shape index (κ1) is 7.26. The number of nitrogens with zero attached hydrogens (tertiary/aromatic N) is 2. The fraction of sp³-hybridized carbons (Fsp3) is 1.00. The number of fused-ring (bicyclic) bond motifs is 2. The van der Waals surface area contributed by atoms with Crippen LogP contribution >= 0.6 is 0 Å². The summed E-state index contributed by atoms with van der Waals surface area (Å²) < 4.78 is 2.32. The van der Waals surface area contributed by atoms with Crippen molar-refractivity contribution in [2.24, 2.45) is 5.11 Å². The van der Waals surface area contributed by atoms with Crippen LogP contribution in [0.1, 0.15) is 40.0 Å². The van der Waals surface area contributed by atoms with E-state index in [1.807, 2.05) is 0 Å². The van der Waals surface area contributed by atoms with Crippen molar-refractivity contribution < 1.29 is 4.70 Å². The monoisotopic (exact) mass is 153 g/mol. The first-order valence-corrected chi connectivity index (χ1v) is 4.57. The first-order valence-electron chi connectivity index (χ1n) is 4.57. The van der Waals surface area contributed by atoms with Crippen molar-refractivity contribution >= 4 is 0 Å². The molecule has 2 unspecified atom stereocenters. The summed E-state index contributed by atoms with van der Waals surface area (Å²) in [4.78, 5) is 0. The third-order valence-corrected chi connectivity index (χ3v) is 2.70. The van der Waals surface area contributed by atoms with Gasteiger partial charge in [0.2, 0.25) is 0 Å². The summed E-state index contributed by atoms with van der Waals surface area (Å²) in [5.41, 5.74) is 0.250. The van der Waals surface area contributed by atoms with Crippen molar-refractivity contribution in [2.45, 2.75) is 57.7 Å². The third-order valence-electron chi connectivity index (χ3n) is 2.70. The van der Waals surface area contributed by atoms with Gasteiger partial charge >= 0.3 is 0 Å². The van der Waals surface area contributed by atoms with Crippen LogP contribution in [-0.4, -0.2) is 22.3 Å². The third kappa shape index (κ3) is 1.09. The van der Waals surface area contributed by atoms with E-state index in [4.69, 9.17) is 0 Å². The molecule has 2 heteroatoms. The van der Waals surface area contributed by atoms with Gasteiger partial charge in [0.1, 0.15) is 6.04 Å². The Morgan fingerprint density at radius 2 is 2.00 bits per heavy atom. The summed E-state index contributed by atoms with van der Waals surface area (Å²) in [6, 6.07) is 1.43. The maximum absolute atomic E-state index is 4.66. The zero-order valence-electron chi connectivity index (χ0n) is 7.67. The molecule has 0 aromatic carbocycles. The summed E-state index contributed by atoms with van der Waals surface area (Å²) in [5.74, 6) is 0. The lowest BCUT2D eigenvalue weighted by atomic mass is 10.1. The van der Waals surface area contributed by atoms with Gasteiger partial charge in [0.15, 0.2) is 11.6 Å². The van der Waals surface area contributed by atoms with E-state index in [1.54, 1.807) is 0 Å². The molecule has 0 aromatic heterocycles. The van der Waals surface area contributed by atoms with Gasteiger partial charge in [0.25, 0.3) is 0 Å². The molecular formula is C9H17N2+. The number of hydrogen-bond acceptors (Lipinski definition) is 1. The van der Waals surface area contributed by atoms with Crippen LogP contribution in [0.15, 0.2) is 5.11 Å². The number of azo groups is 2. The van der Waals surface area contributed by atoms with Crippen LogP contribution in [0.25, 0.3) is 0 Å². The van der Waals surface area contributed by atoms with Crippen LogP contribution in [-0.2, 0) is 0 Å². The van der Waals surface area contributed by atoms with Crippen molar-refractivity contribution in [3.05, 3.63) is 0 Å². The van der Waals surface area contributed by atoms with Crippen molar-refractivity contribution in [1.29, 1.82) is 0 Å². The Bertz CT molecular complexity index is 200. The fourth-order valence-electron chi connectivity index (χ4n) is 2.25. The average Bonchev–Trinajstić information content (AvgIpc) is 2.42. The summed E-state index contributed by atoms with van der Waals surface area (Å²) in [6.07, 6.45) is 4.01. The largest absolute Gasteiger partial charge is 0.180 e. The molecule has 2 bridgehead atoms. The lowest BCUT2D eigenvalue weighted by molar-refractivity contribution is -0.678. The maximum atomic E-state index is 4.66. The van der Waals surface area contributed by atoms with Gasteiger partial charge in [-0.3, -0.25) is 0 Å². The summed E-state index contributed by atoms with van der Waals surface area (Å²) in [5, 5.41) is 4.66. The van der Waals surface area contributed by atoms with Gasteiger partial charge in [-0.15, -0.1) is 4.70 Å². The highest BCUT2D eigenvalue weighted by atomic mass is 15.4. The second kappa shape index (κ2) is 2.05. The molecule has 2 atom stereocenters. The van der Waals surface area contributed by atoms with E-state index in [-0.39, 0.29) is 5.54 Å². The zero-order chi connectivity index (χ0) is 8.06. The second-order valence-electron chi connectivity index (χ2n) is 4.75. The quantitative estimate of drug-likeness (QED) is 0.474. The Balaban J connectivity index is 2.23. The minimum absolute atomic E-state index is 0.250. The van der Waals surface area contributed by atoms with Gasteiger partial charge in [0, 0.05) is 33.6 Å². The highest BCUT2D eigenvalue weighted by molar-refractivity contribution is 4.83. The Morgan fingerprint density at radius 1 is 1.27 bits per heavy atom. The van der Waals surface area contributed by atoms with Gasteiger partial charge in [-0.25, -0.2) is 0 Å². The van der Waals surface area contributed by atoms with Crippen LogP contribution in [0.2, 0.25) is 0 Å². The molecule has 1 fully saturated rings. The summed E-state index contributed by atoms with van der Waals surface area (Å²) in [6.45, 7) is 6.74. The van der Waals surface area contributed by atoms with E-state index in [1.165, 1.54) is 19.3 Å². The molecule has 0 saturated heterocycles. The maximum Gasteiger partial charge on any atom is 0.180 e. The molecule has 1 aliphatic heterocycles. The van der Waals surface area contributed by atoms with Crippen LogP contribution in [0, 0.1) is 0 Å². The van der Waals surface area contributed by atoms with E-state index < -0.39 is 0 Å². The standard InChI is InChI=1S/C9H17N2/c1-9(2,3)11-8-5-4-7(6-8)10-11/h7-8H,4-6H2,1-3H3/q+1. The Morgan fingerprint density at radius 3 is 2.27 bits per heavy atom. The van der Waals surface area contributed by atoms with Crippen molar-refractivity contribution in [3.63, 3.8) is 0 Å². The molecule has 1 aliphatic carbocycles. The van der Waals surface area contributed by atoms with Crippen molar-refractivity contribution in [2.75, 3.05) is 0 Å². The van der Waals surface area contributed by atoms with E-state index in [0.717, 1.165) is 6.04 Å². The number of rotatable bonds is 0. The Hall–Kier alpha value is -0.400. The molecule has 2 rings (SSSR count). The van der Waals surface area contributed by atoms with Crippen LogP contribution < -0.4 is 0 Å². The Kier molecular flexibility index (Phi) is 1.35. The highest BCUT2D eigenvalue weighted by Crippen LogP contribution is 2.34. The SMILES string of the molecule is CC(C)(C)[N+]1=NC2CCC1C2. The predicted molar refractivity (Wildman–Crippen MR) is 43.9 cm³/mol. The fourth-order valence-corrected chi connectivity index (χ4v) is 2.25. The van der Waals surface area contributed by atoms with E-state index in [0.29, 0.717) is 6.04 Å². The molecule has 0 spiro atoms. The lowest BCUT2D eigenvalue weighted by Crippen LogP contribution is -2.36. The topological polar surface area (TPSA) is 15.4 Å². The molecule has 62 valence electrons. The average molecular weight is 153 g/mol. The zero-order valence-corrected chi connectivity index (χ0v) is 7.67. The first-order chi connectivity index (χ1) is 5.07. The van der Waals surface area contributed by atoms with Crippen LogP contribution in [0.4, 0.5) is 0 Å². The lowest BCUT2D eigenvalue weighted by Gasteiger charge is -2.18. The molecule has 0 aromatic rings. The minimum Gasteiger partial charge on any atom is -0.120 e. The summed E-state index contributed by atoms with van der Waals surface area (Å²) >= 11 is 0. The second-order valence-corrected chi connectivity index (χ2v) is 4.75. The van der Waals surface area contributed by atoms with Gasteiger partial charge in [-0.05, 0) is 11.5 Å². The van der Waals surface area contributed by atoms with Crippen molar-refractivity contribution in [1.82, 2.24) is 0 Å². The number of hydrogen-bond donors (Lipinski definition) is 0. The van der Waals surface area contributed by atoms with Crippen LogP contribution in [0.5, 0.6) is 0 Å². The van der Waals surface area contributed by atoms with Crippen molar-refractivity contribution in [3.8, 4) is 0 Å². The molecule has 1 saturated carbocycles. The van der Waals surface area contributed by atoms with E-state index in [9.17, 15) is 0 Å². The molecule has 2 nitrogen and oxygen atoms in total. The van der Waals surface area contributed by atoms with Gasteiger partial charge in [-0.1, -0.05) is 0 Å².